The Kier molecular flexibility index (Phi) is 3.16. The van der Waals surface area contributed by atoms with Gasteiger partial charge in [0, 0.05) is 0 Å². The predicted molar refractivity (Wildman–Crippen MR) is 52.1 cm³/mol. The first kappa shape index (κ1) is 10.0. The van der Waals surface area contributed by atoms with E-state index in [1.165, 1.54) is 0 Å². The molecule has 0 spiro atoms. The zero-order chi connectivity index (χ0) is 9.30. The fourth-order valence-corrected chi connectivity index (χ4v) is 2.24. The van der Waals surface area contributed by atoms with Crippen molar-refractivity contribution in [3.8, 4) is 0 Å². The summed E-state index contributed by atoms with van der Waals surface area (Å²) in [5.41, 5.74) is 0. The standard InChI is InChI=1S/C11H22O/c1-6-11-9(4)7(2)8(3)10(5)12-11/h7-11H,6H2,1-5H3/t7-,8?,9-,10-,11?/m1/s1. The van der Waals surface area contributed by atoms with Crippen molar-refractivity contribution in [2.45, 2.75) is 53.2 Å². The zero-order valence-corrected chi connectivity index (χ0v) is 9.00. The van der Waals surface area contributed by atoms with Crippen LogP contribution in [0.2, 0.25) is 0 Å². The molecule has 2 unspecified atom stereocenters. The molecular formula is C11H22O. The van der Waals surface area contributed by atoms with Gasteiger partial charge in [-0.25, -0.2) is 0 Å². The molecule has 1 fully saturated rings. The largest absolute Gasteiger partial charge is 0.375 e. The third-order valence-corrected chi connectivity index (χ3v) is 3.78. The summed E-state index contributed by atoms with van der Waals surface area (Å²) in [5, 5.41) is 0. The number of hydrogen-bond donors (Lipinski definition) is 0. The van der Waals surface area contributed by atoms with Crippen molar-refractivity contribution >= 4 is 0 Å². The molecule has 0 radical (unpaired) electrons. The summed E-state index contributed by atoms with van der Waals surface area (Å²) in [6.07, 6.45) is 2.09. The van der Waals surface area contributed by atoms with E-state index in [0.29, 0.717) is 18.1 Å². The molecule has 1 heteroatoms. The average Bonchev–Trinajstić information content (AvgIpc) is 2.08. The Morgan fingerprint density at radius 2 is 1.50 bits per heavy atom. The molecule has 0 aromatic heterocycles. The lowest BCUT2D eigenvalue weighted by atomic mass is 9.76. The van der Waals surface area contributed by atoms with Gasteiger partial charge in [-0.15, -0.1) is 0 Å². The number of hydrogen-bond acceptors (Lipinski definition) is 1. The van der Waals surface area contributed by atoms with Gasteiger partial charge in [-0.2, -0.15) is 0 Å². The fraction of sp³-hybridized carbons (Fsp3) is 1.00. The van der Waals surface area contributed by atoms with Crippen LogP contribution < -0.4 is 0 Å². The van der Waals surface area contributed by atoms with E-state index >= 15 is 0 Å². The molecule has 1 rings (SSSR count). The van der Waals surface area contributed by atoms with E-state index < -0.39 is 0 Å². The second kappa shape index (κ2) is 3.78. The minimum atomic E-state index is 0.446. The molecule has 0 aliphatic carbocycles. The van der Waals surface area contributed by atoms with Crippen molar-refractivity contribution in [3.05, 3.63) is 0 Å². The highest BCUT2D eigenvalue weighted by Crippen LogP contribution is 2.35. The van der Waals surface area contributed by atoms with E-state index in [2.05, 4.69) is 34.6 Å². The summed E-state index contributed by atoms with van der Waals surface area (Å²) in [5.74, 6) is 2.24. The van der Waals surface area contributed by atoms with Gasteiger partial charge in [0.1, 0.15) is 0 Å². The van der Waals surface area contributed by atoms with E-state index in [1.807, 2.05) is 0 Å². The lowest BCUT2D eigenvalue weighted by molar-refractivity contribution is -0.125. The maximum Gasteiger partial charge on any atom is 0.0604 e. The first-order valence-corrected chi connectivity index (χ1v) is 5.23. The minimum Gasteiger partial charge on any atom is -0.375 e. The molecule has 0 saturated carbocycles. The van der Waals surface area contributed by atoms with Crippen LogP contribution in [0.5, 0.6) is 0 Å². The molecule has 5 atom stereocenters. The molecule has 1 heterocycles. The van der Waals surface area contributed by atoms with Crippen molar-refractivity contribution in [2.75, 3.05) is 0 Å². The Morgan fingerprint density at radius 3 is 2.00 bits per heavy atom. The van der Waals surface area contributed by atoms with E-state index in [0.717, 1.165) is 18.3 Å². The highest BCUT2D eigenvalue weighted by Gasteiger charge is 2.35. The Balaban J connectivity index is 2.63. The Hall–Kier alpha value is -0.0400. The summed E-state index contributed by atoms with van der Waals surface area (Å²) in [6.45, 7) is 11.4. The van der Waals surface area contributed by atoms with Crippen LogP contribution in [0.4, 0.5) is 0 Å². The normalized spacial score (nSPS) is 49.2. The van der Waals surface area contributed by atoms with Gasteiger partial charge >= 0.3 is 0 Å². The Labute approximate surface area is 76.5 Å². The molecule has 12 heavy (non-hydrogen) atoms. The highest BCUT2D eigenvalue weighted by molar-refractivity contribution is 4.83. The highest BCUT2D eigenvalue weighted by atomic mass is 16.5. The molecule has 1 aliphatic heterocycles. The fourth-order valence-electron chi connectivity index (χ4n) is 2.24. The molecule has 1 saturated heterocycles. The monoisotopic (exact) mass is 170 g/mol. The number of ether oxygens (including phenoxy) is 1. The topological polar surface area (TPSA) is 9.23 Å². The van der Waals surface area contributed by atoms with Gasteiger partial charge in [0.25, 0.3) is 0 Å². The molecule has 1 aliphatic rings. The lowest BCUT2D eigenvalue weighted by Crippen LogP contribution is -2.42. The van der Waals surface area contributed by atoms with Crippen molar-refractivity contribution in [3.63, 3.8) is 0 Å². The van der Waals surface area contributed by atoms with E-state index in [-0.39, 0.29) is 0 Å². The van der Waals surface area contributed by atoms with Crippen LogP contribution in [0.3, 0.4) is 0 Å². The van der Waals surface area contributed by atoms with E-state index in [9.17, 15) is 0 Å². The second-order valence-electron chi connectivity index (χ2n) is 4.37. The van der Waals surface area contributed by atoms with Crippen LogP contribution >= 0.6 is 0 Å². The molecule has 1 nitrogen and oxygen atoms in total. The van der Waals surface area contributed by atoms with Crippen molar-refractivity contribution in [2.24, 2.45) is 17.8 Å². The predicted octanol–water partition coefficient (Wildman–Crippen LogP) is 3.09. The first-order chi connectivity index (χ1) is 5.57. The van der Waals surface area contributed by atoms with Gasteiger partial charge in [-0.1, -0.05) is 27.7 Å². The summed E-state index contributed by atoms with van der Waals surface area (Å²) in [6, 6.07) is 0. The first-order valence-electron chi connectivity index (χ1n) is 5.23. The smallest absolute Gasteiger partial charge is 0.0604 e. The molecule has 0 aromatic rings. The van der Waals surface area contributed by atoms with Gasteiger partial charge in [-0.05, 0) is 31.1 Å². The molecule has 0 amide bonds. The third kappa shape index (κ3) is 1.66. The average molecular weight is 170 g/mol. The van der Waals surface area contributed by atoms with Crippen molar-refractivity contribution in [1.29, 1.82) is 0 Å². The van der Waals surface area contributed by atoms with Gasteiger partial charge < -0.3 is 4.74 Å². The summed E-state index contributed by atoms with van der Waals surface area (Å²) < 4.78 is 5.93. The van der Waals surface area contributed by atoms with Crippen molar-refractivity contribution in [1.82, 2.24) is 0 Å². The van der Waals surface area contributed by atoms with Crippen LogP contribution in [0.15, 0.2) is 0 Å². The summed E-state index contributed by atoms with van der Waals surface area (Å²) in [4.78, 5) is 0. The van der Waals surface area contributed by atoms with Crippen LogP contribution in [0.25, 0.3) is 0 Å². The summed E-state index contributed by atoms with van der Waals surface area (Å²) >= 11 is 0. The molecule has 0 aromatic carbocycles. The van der Waals surface area contributed by atoms with Crippen LogP contribution in [0, 0.1) is 17.8 Å². The maximum atomic E-state index is 5.93. The van der Waals surface area contributed by atoms with E-state index in [1.54, 1.807) is 0 Å². The quantitative estimate of drug-likeness (QED) is 0.587. The Bertz CT molecular complexity index is 139. The van der Waals surface area contributed by atoms with Crippen LogP contribution in [0.1, 0.15) is 41.0 Å². The van der Waals surface area contributed by atoms with E-state index in [4.69, 9.17) is 4.74 Å². The minimum absolute atomic E-state index is 0.446. The SMILES string of the molecule is CCC1O[C@H](C)C(C)[C@@H](C)[C@H]1C. The maximum absolute atomic E-state index is 5.93. The van der Waals surface area contributed by atoms with Gasteiger partial charge in [0.15, 0.2) is 0 Å². The summed E-state index contributed by atoms with van der Waals surface area (Å²) in [7, 11) is 0. The third-order valence-electron chi connectivity index (χ3n) is 3.78. The second-order valence-corrected chi connectivity index (χ2v) is 4.37. The lowest BCUT2D eigenvalue weighted by Gasteiger charge is -2.42. The Morgan fingerprint density at radius 1 is 0.917 bits per heavy atom. The zero-order valence-electron chi connectivity index (χ0n) is 9.00. The molecular weight excluding hydrogens is 148 g/mol. The van der Waals surface area contributed by atoms with Gasteiger partial charge in [-0.3, -0.25) is 0 Å². The molecule has 72 valence electrons. The van der Waals surface area contributed by atoms with Crippen LogP contribution in [-0.4, -0.2) is 12.2 Å². The van der Waals surface area contributed by atoms with Crippen LogP contribution in [-0.2, 0) is 4.74 Å². The number of rotatable bonds is 1. The van der Waals surface area contributed by atoms with Gasteiger partial charge in [0.05, 0.1) is 12.2 Å². The molecule has 0 bridgehead atoms. The van der Waals surface area contributed by atoms with Crippen molar-refractivity contribution < 1.29 is 4.74 Å². The molecule has 0 N–H and O–H groups in total. The van der Waals surface area contributed by atoms with Gasteiger partial charge in [0.2, 0.25) is 0 Å².